The molecule has 0 saturated carbocycles. The molecule has 1 aromatic heterocycles. The standard InChI is InChI=1S/C6H7BrN2O/c1-8-6-3-4(10)2-5(7)9-6/h2-3H,1H3,(H2,8,9,10). The van der Waals surface area contributed by atoms with Crippen LogP contribution in [0, 0.1) is 0 Å². The minimum Gasteiger partial charge on any atom is -0.375 e. The summed E-state index contributed by atoms with van der Waals surface area (Å²) in [5, 5.41) is 2.82. The van der Waals surface area contributed by atoms with Crippen LogP contribution in [-0.2, 0) is 0 Å². The van der Waals surface area contributed by atoms with E-state index < -0.39 is 0 Å². The smallest absolute Gasteiger partial charge is 0.184 e. The Morgan fingerprint density at radius 3 is 2.80 bits per heavy atom. The Balaban J connectivity index is 3.19. The fraction of sp³-hybridized carbons (Fsp3) is 0.167. The van der Waals surface area contributed by atoms with Crippen molar-refractivity contribution < 1.29 is 0 Å². The predicted octanol–water partition coefficient (Wildman–Crippen LogP) is 1.18. The van der Waals surface area contributed by atoms with Gasteiger partial charge in [0.1, 0.15) is 5.82 Å². The summed E-state index contributed by atoms with van der Waals surface area (Å²) in [6.07, 6.45) is 0. The van der Waals surface area contributed by atoms with Crippen molar-refractivity contribution in [1.29, 1.82) is 0 Å². The number of H-pyrrole nitrogens is 1. The second kappa shape index (κ2) is 2.88. The van der Waals surface area contributed by atoms with Crippen LogP contribution in [0.4, 0.5) is 5.82 Å². The van der Waals surface area contributed by atoms with E-state index in [1.54, 1.807) is 7.05 Å². The molecule has 2 N–H and O–H groups in total. The first-order valence-corrected chi connectivity index (χ1v) is 3.59. The van der Waals surface area contributed by atoms with E-state index in [4.69, 9.17) is 0 Å². The van der Waals surface area contributed by atoms with Crippen LogP contribution in [0.2, 0.25) is 0 Å². The summed E-state index contributed by atoms with van der Waals surface area (Å²) in [6, 6.07) is 2.96. The van der Waals surface area contributed by atoms with Gasteiger partial charge in [-0.2, -0.15) is 0 Å². The van der Waals surface area contributed by atoms with Crippen molar-refractivity contribution in [3.8, 4) is 0 Å². The zero-order valence-corrected chi connectivity index (χ0v) is 7.03. The Hall–Kier alpha value is -0.770. The number of aromatic nitrogens is 1. The summed E-state index contributed by atoms with van der Waals surface area (Å²) in [7, 11) is 1.75. The molecule has 10 heavy (non-hydrogen) atoms. The third-order valence-corrected chi connectivity index (χ3v) is 1.51. The quantitative estimate of drug-likeness (QED) is 0.673. The average Bonchev–Trinajstić information content (AvgIpc) is 1.85. The lowest BCUT2D eigenvalue weighted by Gasteiger charge is -1.98. The SMILES string of the molecule is CNc1cc(=O)cc(Br)[nH]1. The predicted molar refractivity (Wildman–Crippen MR) is 44.3 cm³/mol. The van der Waals surface area contributed by atoms with Gasteiger partial charge in [0.05, 0.1) is 4.60 Å². The lowest BCUT2D eigenvalue weighted by atomic mass is 10.4. The molecule has 1 heterocycles. The molecular formula is C6H7BrN2O. The zero-order chi connectivity index (χ0) is 7.56. The molecule has 0 aromatic carbocycles. The third kappa shape index (κ3) is 1.60. The maximum absolute atomic E-state index is 10.8. The van der Waals surface area contributed by atoms with E-state index in [0.717, 1.165) is 0 Å². The van der Waals surface area contributed by atoms with E-state index in [1.807, 2.05) is 0 Å². The summed E-state index contributed by atoms with van der Waals surface area (Å²) in [5.74, 6) is 0.708. The molecule has 0 radical (unpaired) electrons. The van der Waals surface area contributed by atoms with Crippen molar-refractivity contribution in [2.45, 2.75) is 0 Å². The fourth-order valence-electron chi connectivity index (χ4n) is 0.644. The van der Waals surface area contributed by atoms with Crippen LogP contribution in [0.1, 0.15) is 0 Å². The first kappa shape index (κ1) is 7.34. The molecule has 0 aliphatic rings. The molecular weight excluding hydrogens is 196 g/mol. The van der Waals surface area contributed by atoms with Crippen molar-refractivity contribution >= 4 is 21.7 Å². The second-order valence-electron chi connectivity index (χ2n) is 1.83. The van der Waals surface area contributed by atoms with Gasteiger partial charge in [0.25, 0.3) is 0 Å². The van der Waals surface area contributed by atoms with Crippen LogP contribution in [0.5, 0.6) is 0 Å². The Kier molecular flexibility index (Phi) is 2.11. The van der Waals surface area contributed by atoms with E-state index in [0.29, 0.717) is 10.4 Å². The van der Waals surface area contributed by atoms with Gasteiger partial charge in [-0.05, 0) is 15.9 Å². The van der Waals surface area contributed by atoms with Gasteiger partial charge in [-0.15, -0.1) is 0 Å². The highest BCUT2D eigenvalue weighted by molar-refractivity contribution is 9.10. The molecule has 0 atom stereocenters. The zero-order valence-electron chi connectivity index (χ0n) is 5.44. The molecule has 0 spiro atoms. The first-order chi connectivity index (χ1) is 4.72. The Morgan fingerprint density at radius 1 is 1.60 bits per heavy atom. The summed E-state index contributed by atoms with van der Waals surface area (Å²) in [6.45, 7) is 0. The van der Waals surface area contributed by atoms with Gasteiger partial charge >= 0.3 is 0 Å². The number of anilines is 1. The van der Waals surface area contributed by atoms with Gasteiger partial charge in [-0.1, -0.05) is 0 Å². The van der Waals surface area contributed by atoms with Gasteiger partial charge in [-0.25, -0.2) is 0 Å². The van der Waals surface area contributed by atoms with E-state index >= 15 is 0 Å². The topological polar surface area (TPSA) is 44.9 Å². The molecule has 0 bridgehead atoms. The minimum absolute atomic E-state index is 0.0185. The molecule has 0 aliphatic carbocycles. The van der Waals surface area contributed by atoms with Crippen molar-refractivity contribution in [2.75, 3.05) is 12.4 Å². The molecule has 4 heteroatoms. The molecule has 0 amide bonds. The number of rotatable bonds is 1. The summed E-state index contributed by atoms with van der Waals surface area (Å²) in [5.41, 5.74) is -0.0185. The van der Waals surface area contributed by atoms with Gasteiger partial charge in [0.2, 0.25) is 0 Å². The molecule has 1 rings (SSSR count). The highest BCUT2D eigenvalue weighted by Crippen LogP contribution is 2.05. The molecule has 0 aliphatic heterocycles. The van der Waals surface area contributed by atoms with Crippen molar-refractivity contribution in [2.24, 2.45) is 0 Å². The van der Waals surface area contributed by atoms with E-state index in [2.05, 4.69) is 26.2 Å². The van der Waals surface area contributed by atoms with Gasteiger partial charge in [0.15, 0.2) is 5.43 Å². The van der Waals surface area contributed by atoms with Crippen LogP contribution in [-0.4, -0.2) is 12.0 Å². The van der Waals surface area contributed by atoms with Crippen molar-refractivity contribution in [1.82, 2.24) is 4.98 Å². The number of pyridine rings is 1. The third-order valence-electron chi connectivity index (χ3n) is 1.08. The van der Waals surface area contributed by atoms with E-state index in [1.165, 1.54) is 12.1 Å². The van der Waals surface area contributed by atoms with Crippen LogP contribution >= 0.6 is 15.9 Å². The Bertz CT molecular complexity index is 281. The lowest BCUT2D eigenvalue weighted by Crippen LogP contribution is -2.02. The summed E-state index contributed by atoms with van der Waals surface area (Å²) >= 11 is 3.16. The van der Waals surface area contributed by atoms with Crippen LogP contribution in [0.3, 0.4) is 0 Å². The largest absolute Gasteiger partial charge is 0.375 e. The molecule has 0 fully saturated rings. The molecule has 3 nitrogen and oxygen atoms in total. The van der Waals surface area contributed by atoms with Crippen LogP contribution < -0.4 is 10.7 Å². The lowest BCUT2D eigenvalue weighted by molar-refractivity contribution is 1.23. The maximum atomic E-state index is 10.8. The monoisotopic (exact) mass is 202 g/mol. The average molecular weight is 203 g/mol. The minimum atomic E-state index is -0.0185. The number of aromatic amines is 1. The fourth-order valence-corrected chi connectivity index (χ4v) is 1.08. The van der Waals surface area contributed by atoms with Gasteiger partial charge in [-0.3, -0.25) is 4.79 Å². The Labute approximate surface area is 66.6 Å². The normalized spacial score (nSPS) is 9.40. The summed E-state index contributed by atoms with van der Waals surface area (Å²) < 4.78 is 0.685. The summed E-state index contributed by atoms with van der Waals surface area (Å²) in [4.78, 5) is 13.7. The van der Waals surface area contributed by atoms with Crippen LogP contribution in [0.15, 0.2) is 21.5 Å². The molecule has 1 aromatic rings. The molecule has 0 saturated heterocycles. The first-order valence-electron chi connectivity index (χ1n) is 2.80. The van der Waals surface area contributed by atoms with Gasteiger partial charge < -0.3 is 10.3 Å². The van der Waals surface area contributed by atoms with Crippen molar-refractivity contribution in [3.05, 3.63) is 27.0 Å². The Morgan fingerprint density at radius 2 is 2.30 bits per heavy atom. The van der Waals surface area contributed by atoms with Gasteiger partial charge in [0, 0.05) is 19.2 Å². The molecule has 54 valence electrons. The number of nitrogens with one attached hydrogen (secondary N) is 2. The highest BCUT2D eigenvalue weighted by atomic mass is 79.9. The maximum Gasteiger partial charge on any atom is 0.184 e. The van der Waals surface area contributed by atoms with E-state index in [9.17, 15) is 4.79 Å². The number of hydrogen-bond acceptors (Lipinski definition) is 2. The van der Waals surface area contributed by atoms with Crippen molar-refractivity contribution in [3.63, 3.8) is 0 Å². The van der Waals surface area contributed by atoms with E-state index in [-0.39, 0.29) is 5.43 Å². The molecule has 0 unspecified atom stereocenters. The van der Waals surface area contributed by atoms with Crippen LogP contribution in [0.25, 0.3) is 0 Å². The number of halogens is 1. The second-order valence-corrected chi connectivity index (χ2v) is 2.68. The highest BCUT2D eigenvalue weighted by Gasteiger charge is 1.91. The number of hydrogen-bond donors (Lipinski definition) is 2.